The van der Waals surface area contributed by atoms with Gasteiger partial charge in [0.2, 0.25) is 5.91 Å². The molecule has 0 aliphatic carbocycles. The highest BCUT2D eigenvalue weighted by Gasteiger charge is 2.33. The van der Waals surface area contributed by atoms with E-state index in [0.717, 1.165) is 9.75 Å². The molecule has 0 radical (unpaired) electrons. The fraction of sp³-hybridized carbons (Fsp3) is 0.625. The maximum atomic E-state index is 12.4. The molecule has 2 heterocycles. The highest BCUT2D eigenvalue weighted by molar-refractivity contribution is 7.91. The van der Waals surface area contributed by atoms with Crippen molar-refractivity contribution in [2.45, 2.75) is 46.1 Å². The highest BCUT2D eigenvalue weighted by Crippen LogP contribution is 2.23. The maximum Gasteiger partial charge on any atom is 0.223 e. The van der Waals surface area contributed by atoms with E-state index in [1.165, 1.54) is 0 Å². The van der Waals surface area contributed by atoms with Gasteiger partial charge in [0.15, 0.2) is 15.6 Å². The molecule has 0 saturated carbocycles. The van der Waals surface area contributed by atoms with Crippen LogP contribution in [0, 0.1) is 13.8 Å². The second-order valence-electron chi connectivity index (χ2n) is 5.99. The molecule has 1 aromatic rings. The Kier molecular flexibility index (Phi) is 5.62. The molecule has 1 aliphatic rings. The van der Waals surface area contributed by atoms with Crippen molar-refractivity contribution in [2.24, 2.45) is 0 Å². The van der Waals surface area contributed by atoms with Crippen molar-refractivity contribution in [1.82, 2.24) is 4.90 Å². The van der Waals surface area contributed by atoms with Gasteiger partial charge in [-0.15, -0.1) is 11.3 Å². The molecular formula is C16H23NO4S2. The van der Waals surface area contributed by atoms with Crippen LogP contribution in [-0.4, -0.2) is 49.1 Å². The fourth-order valence-electron chi connectivity index (χ4n) is 3.07. The molecule has 0 spiro atoms. The van der Waals surface area contributed by atoms with E-state index in [-0.39, 0.29) is 42.1 Å². The molecule has 1 aromatic heterocycles. The summed E-state index contributed by atoms with van der Waals surface area (Å²) in [4.78, 5) is 28.3. The lowest BCUT2D eigenvalue weighted by atomic mass is 10.1. The number of hydrogen-bond donors (Lipinski definition) is 0. The molecule has 7 heteroatoms. The molecule has 0 bridgehead atoms. The molecule has 1 fully saturated rings. The van der Waals surface area contributed by atoms with Crippen LogP contribution in [-0.2, 0) is 14.6 Å². The van der Waals surface area contributed by atoms with E-state index in [0.29, 0.717) is 18.5 Å². The molecule has 5 nitrogen and oxygen atoms in total. The smallest absolute Gasteiger partial charge is 0.223 e. The van der Waals surface area contributed by atoms with E-state index < -0.39 is 9.84 Å². The van der Waals surface area contributed by atoms with Crippen molar-refractivity contribution in [1.29, 1.82) is 0 Å². The molecule has 1 saturated heterocycles. The summed E-state index contributed by atoms with van der Waals surface area (Å²) in [5.41, 5.74) is 0.701. The predicted molar refractivity (Wildman–Crippen MR) is 91.8 cm³/mol. The number of hydrogen-bond acceptors (Lipinski definition) is 5. The number of aryl methyl sites for hydroxylation is 2. The molecule has 1 unspecified atom stereocenters. The lowest BCUT2D eigenvalue weighted by molar-refractivity contribution is -0.132. The third-order valence-electron chi connectivity index (χ3n) is 4.22. The summed E-state index contributed by atoms with van der Waals surface area (Å²) in [6, 6.07) is 1.63. The van der Waals surface area contributed by atoms with Crippen LogP contribution in [0.4, 0.5) is 0 Å². The topological polar surface area (TPSA) is 71.5 Å². The third kappa shape index (κ3) is 4.41. The Morgan fingerprint density at radius 2 is 2.00 bits per heavy atom. The summed E-state index contributed by atoms with van der Waals surface area (Å²) in [6.45, 7) is 6.19. The van der Waals surface area contributed by atoms with Crippen LogP contribution in [0.2, 0.25) is 0 Å². The predicted octanol–water partition coefficient (Wildman–Crippen LogP) is 2.36. The van der Waals surface area contributed by atoms with Gasteiger partial charge in [-0.3, -0.25) is 9.59 Å². The minimum atomic E-state index is -3.02. The molecule has 23 heavy (non-hydrogen) atoms. The Balaban J connectivity index is 1.95. The zero-order valence-corrected chi connectivity index (χ0v) is 15.4. The van der Waals surface area contributed by atoms with Crippen LogP contribution in [0.3, 0.4) is 0 Å². The molecule has 128 valence electrons. The van der Waals surface area contributed by atoms with Crippen LogP contribution in [0.25, 0.3) is 0 Å². The minimum absolute atomic E-state index is 0.0182. The van der Waals surface area contributed by atoms with Crippen molar-refractivity contribution in [3.63, 3.8) is 0 Å². The lowest BCUT2D eigenvalue weighted by Gasteiger charge is -2.26. The Bertz CT molecular complexity index is 706. The first-order chi connectivity index (χ1) is 10.7. The van der Waals surface area contributed by atoms with Crippen LogP contribution in [0.15, 0.2) is 6.07 Å². The van der Waals surface area contributed by atoms with Crippen molar-refractivity contribution in [2.75, 3.05) is 18.1 Å². The Morgan fingerprint density at radius 3 is 2.48 bits per heavy atom. The lowest BCUT2D eigenvalue weighted by Crippen LogP contribution is -2.41. The number of nitrogens with zero attached hydrogens (tertiary/aromatic N) is 1. The first-order valence-electron chi connectivity index (χ1n) is 7.83. The van der Waals surface area contributed by atoms with Crippen LogP contribution in [0.5, 0.6) is 0 Å². The number of ketones is 1. The van der Waals surface area contributed by atoms with Gasteiger partial charge < -0.3 is 4.90 Å². The zero-order chi connectivity index (χ0) is 17.2. The summed E-state index contributed by atoms with van der Waals surface area (Å²) in [5, 5.41) is 0. The van der Waals surface area contributed by atoms with Gasteiger partial charge in [0, 0.05) is 40.7 Å². The standard InChI is InChI=1S/C16H23NO4S2/c1-4-17(13-7-8-23(20,21)10-13)16(19)6-5-15(18)14-9-11(2)22-12(14)3/h9,13H,4-8,10H2,1-3H3. The zero-order valence-electron chi connectivity index (χ0n) is 13.8. The fourth-order valence-corrected chi connectivity index (χ4v) is 5.74. The van der Waals surface area contributed by atoms with Crippen LogP contribution >= 0.6 is 11.3 Å². The first kappa shape index (κ1) is 18.1. The van der Waals surface area contributed by atoms with E-state index in [2.05, 4.69) is 0 Å². The summed E-state index contributed by atoms with van der Waals surface area (Å²) < 4.78 is 23.2. The number of carbonyl (C=O) groups excluding carboxylic acids is 2. The van der Waals surface area contributed by atoms with Gasteiger partial charge in [-0.05, 0) is 33.3 Å². The Hall–Kier alpha value is -1.21. The summed E-state index contributed by atoms with van der Waals surface area (Å²) >= 11 is 1.58. The van der Waals surface area contributed by atoms with Crippen LogP contribution < -0.4 is 0 Å². The highest BCUT2D eigenvalue weighted by atomic mass is 32.2. The maximum absolute atomic E-state index is 12.4. The monoisotopic (exact) mass is 357 g/mol. The van der Waals surface area contributed by atoms with Gasteiger partial charge in [-0.2, -0.15) is 0 Å². The first-order valence-corrected chi connectivity index (χ1v) is 10.5. The quantitative estimate of drug-likeness (QED) is 0.733. The van der Waals surface area contributed by atoms with E-state index >= 15 is 0 Å². The number of Topliss-reactive ketones (excluding diaryl/α,β-unsaturated/α-hetero) is 1. The van der Waals surface area contributed by atoms with Gasteiger partial charge in [0.05, 0.1) is 11.5 Å². The summed E-state index contributed by atoms with van der Waals surface area (Å²) in [7, 11) is -3.02. The largest absolute Gasteiger partial charge is 0.339 e. The van der Waals surface area contributed by atoms with Gasteiger partial charge in [-0.25, -0.2) is 8.42 Å². The Morgan fingerprint density at radius 1 is 1.30 bits per heavy atom. The summed E-state index contributed by atoms with van der Waals surface area (Å²) in [5.74, 6) is 0.0414. The number of rotatable bonds is 6. The molecule has 0 N–H and O–H groups in total. The van der Waals surface area contributed by atoms with E-state index in [1.54, 1.807) is 16.2 Å². The second kappa shape index (κ2) is 7.13. The van der Waals surface area contributed by atoms with Crippen molar-refractivity contribution >= 4 is 32.9 Å². The third-order valence-corrected chi connectivity index (χ3v) is 6.93. The van der Waals surface area contributed by atoms with Crippen molar-refractivity contribution in [3.8, 4) is 0 Å². The average Bonchev–Trinajstić information content (AvgIpc) is 2.99. The molecular weight excluding hydrogens is 334 g/mol. The minimum Gasteiger partial charge on any atom is -0.339 e. The SMILES string of the molecule is CCN(C(=O)CCC(=O)c1cc(C)sc1C)C1CCS(=O)(=O)C1. The number of amides is 1. The van der Waals surface area contributed by atoms with E-state index in [4.69, 9.17) is 0 Å². The van der Waals surface area contributed by atoms with Gasteiger partial charge >= 0.3 is 0 Å². The number of sulfone groups is 1. The molecule has 0 aromatic carbocycles. The van der Waals surface area contributed by atoms with Crippen molar-refractivity contribution < 1.29 is 18.0 Å². The van der Waals surface area contributed by atoms with Crippen molar-refractivity contribution in [3.05, 3.63) is 21.4 Å². The normalized spacial score (nSPS) is 19.7. The summed E-state index contributed by atoms with van der Waals surface area (Å²) in [6.07, 6.45) is 0.808. The van der Waals surface area contributed by atoms with Crippen LogP contribution in [0.1, 0.15) is 46.3 Å². The molecule has 1 amide bonds. The Labute approximate surface area is 141 Å². The second-order valence-corrected chi connectivity index (χ2v) is 9.68. The van der Waals surface area contributed by atoms with Gasteiger partial charge in [0.1, 0.15) is 0 Å². The van der Waals surface area contributed by atoms with Gasteiger partial charge in [-0.1, -0.05) is 0 Å². The van der Waals surface area contributed by atoms with E-state index in [9.17, 15) is 18.0 Å². The molecule has 1 aliphatic heterocycles. The van der Waals surface area contributed by atoms with Gasteiger partial charge in [0.25, 0.3) is 0 Å². The molecule has 1 atom stereocenters. The molecule has 2 rings (SSSR count). The number of thiophene rings is 1. The average molecular weight is 357 g/mol. The number of carbonyl (C=O) groups is 2. The van der Waals surface area contributed by atoms with E-state index in [1.807, 2.05) is 26.8 Å².